The van der Waals surface area contributed by atoms with E-state index in [4.69, 9.17) is 42.0 Å². The fraction of sp³-hybridized carbons (Fsp3) is 0.458. The summed E-state index contributed by atoms with van der Waals surface area (Å²) in [6, 6.07) is 8.93. The van der Waals surface area contributed by atoms with Gasteiger partial charge >= 0.3 is 0 Å². The molecule has 192 valence electrons. The second kappa shape index (κ2) is 11.2. The first kappa shape index (κ1) is 27.4. The summed E-state index contributed by atoms with van der Waals surface area (Å²) in [5.74, 6) is 1.09. The third-order valence-electron chi connectivity index (χ3n) is 6.27. The lowest BCUT2D eigenvalue weighted by Gasteiger charge is -2.30. The van der Waals surface area contributed by atoms with Gasteiger partial charge < -0.3 is 19.1 Å². The highest BCUT2D eigenvalue weighted by molar-refractivity contribution is 7.85. The number of rotatable bonds is 11. The molecule has 1 atom stereocenters. The summed E-state index contributed by atoms with van der Waals surface area (Å²) in [7, 11) is 0.541. The molecule has 35 heavy (non-hydrogen) atoms. The topological polar surface area (TPSA) is 102 Å². The van der Waals surface area contributed by atoms with Crippen LogP contribution in [0.15, 0.2) is 30.3 Å². The summed E-state index contributed by atoms with van der Waals surface area (Å²) >= 11 is 12.4. The third kappa shape index (κ3) is 6.52. The van der Waals surface area contributed by atoms with Crippen molar-refractivity contribution in [3.8, 4) is 17.2 Å². The lowest BCUT2D eigenvalue weighted by molar-refractivity contribution is -0.128. The largest absolute Gasteiger partial charge is 0.493 e. The number of likely N-dealkylation sites (tertiary alicyclic amines) is 1. The Hall–Kier alpha value is -2.20. The number of carbonyl (C=O) groups is 1. The summed E-state index contributed by atoms with van der Waals surface area (Å²) in [4.78, 5) is 14.9. The molecule has 1 unspecified atom stereocenters. The van der Waals surface area contributed by atoms with Crippen LogP contribution in [0.3, 0.4) is 0 Å². The molecule has 1 fully saturated rings. The van der Waals surface area contributed by atoms with E-state index in [0.717, 1.165) is 11.1 Å². The van der Waals surface area contributed by atoms with Gasteiger partial charge in [0.2, 0.25) is 11.7 Å². The molecule has 1 aliphatic heterocycles. The highest BCUT2D eigenvalue weighted by Gasteiger charge is 2.44. The number of amides is 1. The van der Waals surface area contributed by atoms with Crippen LogP contribution in [0.25, 0.3) is 0 Å². The monoisotopic (exact) mass is 545 g/mol. The first-order valence-corrected chi connectivity index (χ1v) is 13.4. The van der Waals surface area contributed by atoms with Crippen LogP contribution in [0, 0.1) is 0 Å². The molecule has 0 radical (unpaired) electrons. The lowest BCUT2D eigenvalue weighted by Crippen LogP contribution is -2.31. The molecule has 11 heteroatoms. The van der Waals surface area contributed by atoms with E-state index in [1.807, 2.05) is 6.07 Å². The van der Waals surface area contributed by atoms with E-state index in [1.165, 1.54) is 21.3 Å². The highest BCUT2D eigenvalue weighted by atomic mass is 35.5. The van der Waals surface area contributed by atoms with Gasteiger partial charge in [-0.2, -0.15) is 8.42 Å². The van der Waals surface area contributed by atoms with E-state index in [-0.39, 0.29) is 24.5 Å². The molecule has 1 saturated heterocycles. The molecular weight excluding hydrogens is 517 g/mol. The molecule has 2 aromatic rings. The van der Waals surface area contributed by atoms with Crippen molar-refractivity contribution in [2.24, 2.45) is 0 Å². The number of nitrogens with zero attached hydrogens (tertiary/aromatic N) is 1. The van der Waals surface area contributed by atoms with Crippen molar-refractivity contribution in [1.82, 2.24) is 4.90 Å². The minimum absolute atomic E-state index is 0.0420. The van der Waals surface area contributed by atoms with Gasteiger partial charge in [0.05, 0.1) is 37.1 Å². The zero-order chi connectivity index (χ0) is 25.8. The number of benzene rings is 2. The van der Waals surface area contributed by atoms with Gasteiger partial charge in [-0.15, -0.1) is 0 Å². The quantitative estimate of drug-likeness (QED) is 0.321. The Labute approximate surface area is 215 Å². The molecule has 8 nitrogen and oxygen atoms in total. The van der Waals surface area contributed by atoms with E-state index in [1.54, 1.807) is 29.2 Å². The third-order valence-corrected chi connectivity index (χ3v) is 7.82. The van der Waals surface area contributed by atoms with Gasteiger partial charge in [0.25, 0.3) is 10.1 Å². The highest BCUT2D eigenvalue weighted by Crippen LogP contribution is 2.43. The lowest BCUT2D eigenvalue weighted by atomic mass is 9.75. The van der Waals surface area contributed by atoms with Gasteiger partial charge in [-0.1, -0.05) is 35.7 Å². The van der Waals surface area contributed by atoms with Crippen molar-refractivity contribution in [3.63, 3.8) is 0 Å². The number of ether oxygens (including phenoxy) is 3. The normalized spacial score (nSPS) is 18.1. The Bertz CT molecular complexity index is 1160. The molecule has 3 rings (SSSR count). The number of unbranched alkanes of at least 4 members (excludes halogenated alkanes) is 1. The number of halogens is 2. The summed E-state index contributed by atoms with van der Waals surface area (Å²) in [6.07, 6.45) is 1.56. The fourth-order valence-electron chi connectivity index (χ4n) is 4.58. The number of hydrogen-bond acceptors (Lipinski definition) is 6. The van der Waals surface area contributed by atoms with E-state index in [9.17, 15) is 13.2 Å². The maximum absolute atomic E-state index is 13.2. The molecule has 1 amide bonds. The Morgan fingerprint density at radius 1 is 1.00 bits per heavy atom. The molecule has 1 aliphatic rings. The maximum atomic E-state index is 13.2. The molecule has 1 N–H and O–H groups in total. The SMILES string of the molecule is COc1cc(CN2CC(CCCCS(=O)(=O)O)(c3ccc(Cl)c(Cl)c3)CC2=O)cc(OC)c1OC. The molecule has 0 aliphatic carbocycles. The number of carbonyl (C=O) groups excluding carboxylic acids is 1. The minimum atomic E-state index is -4.05. The van der Waals surface area contributed by atoms with Crippen LogP contribution in [-0.2, 0) is 26.9 Å². The van der Waals surface area contributed by atoms with Crippen LogP contribution in [0.5, 0.6) is 17.2 Å². The van der Waals surface area contributed by atoms with Crippen LogP contribution in [-0.4, -0.2) is 57.4 Å². The van der Waals surface area contributed by atoms with Crippen LogP contribution in [0.2, 0.25) is 10.0 Å². The summed E-state index contributed by atoms with van der Waals surface area (Å²) in [6.45, 7) is 0.732. The zero-order valence-corrected chi connectivity index (χ0v) is 22.2. The maximum Gasteiger partial charge on any atom is 0.264 e. The predicted molar refractivity (Wildman–Crippen MR) is 135 cm³/mol. The molecule has 0 spiro atoms. The molecule has 2 aromatic carbocycles. The van der Waals surface area contributed by atoms with Crippen LogP contribution < -0.4 is 14.2 Å². The minimum Gasteiger partial charge on any atom is -0.493 e. The van der Waals surface area contributed by atoms with Crippen molar-refractivity contribution in [2.45, 2.75) is 37.6 Å². The molecule has 0 saturated carbocycles. The van der Waals surface area contributed by atoms with Crippen molar-refractivity contribution in [2.75, 3.05) is 33.6 Å². The van der Waals surface area contributed by atoms with E-state index >= 15 is 0 Å². The van der Waals surface area contributed by atoms with Crippen LogP contribution >= 0.6 is 23.2 Å². The first-order chi connectivity index (χ1) is 16.5. The van der Waals surface area contributed by atoms with Gasteiger partial charge in [0.1, 0.15) is 0 Å². The Balaban J connectivity index is 1.89. The van der Waals surface area contributed by atoms with Crippen molar-refractivity contribution < 1.29 is 32.0 Å². The summed E-state index contributed by atoms with van der Waals surface area (Å²) in [5, 5.41) is 0.799. The van der Waals surface area contributed by atoms with Crippen molar-refractivity contribution >= 4 is 39.2 Å². The van der Waals surface area contributed by atoms with Gasteiger partial charge in [-0.05, 0) is 48.2 Å². The van der Waals surface area contributed by atoms with E-state index in [0.29, 0.717) is 53.2 Å². The Kier molecular flexibility index (Phi) is 8.80. The van der Waals surface area contributed by atoms with Gasteiger partial charge in [-0.3, -0.25) is 9.35 Å². The second-order valence-electron chi connectivity index (χ2n) is 8.61. The van der Waals surface area contributed by atoms with Crippen LogP contribution in [0.1, 0.15) is 36.8 Å². The Morgan fingerprint density at radius 3 is 2.20 bits per heavy atom. The van der Waals surface area contributed by atoms with Crippen molar-refractivity contribution in [3.05, 3.63) is 51.5 Å². The average molecular weight is 546 g/mol. The van der Waals surface area contributed by atoms with Crippen molar-refractivity contribution in [1.29, 1.82) is 0 Å². The molecule has 0 aromatic heterocycles. The summed E-state index contributed by atoms with van der Waals surface area (Å²) < 4.78 is 47.6. The predicted octanol–water partition coefficient (Wildman–Crippen LogP) is 4.75. The average Bonchev–Trinajstić information content (AvgIpc) is 3.13. The van der Waals surface area contributed by atoms with Gasteiger partial charge in [0.15, 0.2) is 11.5 Å². The van der Waals surface area contributed by atoms with Gasteiger partial charge in [-0.25, -0.2) is 0 Å². The number of hydrogen-bond donors (Lipinski definition) is 1. The fourth-order valence-corrected chi connectivity index (χ4v) is 5.45. The molecule has 1 heterocycles. The smallest absolute Gasteiger partial charge is 0.264 e. The Morgan fingerprint density at radius 2 is 1.66 bits per heavy atom. The second-order valence-corrected chi connectivity index (χ2v) is 11.0. The van der Waals surface area contributed by atoms with Gasteiger partial charge in [0, 0.05) is 24.9 Å². The molecular formula is C24H29Cl2NO7S. The number of methoxy groups -OCH3 is 3. The summed E-state index contributed by atoms with van der Waals surface area (Å²) in [5.41, 5.74) is 1.09. The zero-order valence-electron chi connectivity index (χ0n) is 19.8. The van der Waals surface area contributed by atoms with E-state index < -0.39 is 15.5 Å². The molecule has 0 bridgehead atoms. The first-order valence-electron chi connectivity index (χ1n) is 11.0. The standard InChI is InChI=1S/C24H29Cl2NO7S/c1-32-20-10-16(11-21(33-2)23(20)34-3)14-27-15-24(13-22(27)28,8-4-5-9-35(29,30)31)17-6-7-18(25)19(26)12-17/h6-7,10-12H,4-5,8-9,13-15H2,1-3H3,(H,29,30,31). The van der Waals surface area contributed by atoms with E-state index in [2.05, 4.69) is 0 Å². The van der Waals surface area contributed by atoms with Crippen LogP contribution in [0.4, 0.5) is 0 Å².